The first kappa shape index (κ1) is 13.4. The Balaban J connectivity index is 2.34. The molecule has 17 heavy (non-hydrogen) atoms. The van der Waals surface area contributed by atoms with E-state index in [4.69, 9.17) is 5.11 Å². The van der Waals surface area contributed by atoms with Crippen molar-refractivity contribution in [2.75, 3.05) is 6.54 Å². The zero-order valence-corrected chi connectivity index (χ0v) is 10.5. The monoisotopic (exact) mass is 257 g/mol. The molecule has 0 atom stereocenters. The number of hydrogen-bond acceptors (Lipinski definition) is 4. The molecule has 2 amide bonds. The van der Waals surface area contributed by atoms with Crippen molar-refractivity contribution < 1.29 is 14.7 Å². The maximum atomic E-state index is 11.3. The summed E-state index contributed by atoms with van der Waals surface area (Å²) < 4.78 is 0. The number of aromatic nitrogens is 1. The van der Waals surface area contributed by atoms with E-state index in [1.54, 1.807) is 0 Å². The summed E-state index contributed by atoms with van der Waals surface area (Å²) in [6, 6.07) is -0.272. The Hall–Kier alpha value is -1.63. The highest BCUT2D eigenvalue weighted by Gasteiger charge is 2.09. The summed E-state index contributed by atoms with van der Waals surface area (Å²) >= 11 is 1.21. The third-order valence-electron chi connectivity index (χ3n) is 1.84. The van der Waals surface area contributed by atoms with Gasteiger partial charge in [0, 0.05) is 11.9 Å². The Morgan fingerprint density at radius 1 is 1.47 bits per heavy atom. The number of thiazole rings is 1. The van der Waals surface area contributed by atoms with Crippen LogP contribution in [0.5, 0.6) is 0 Å². The summed E-state index contributed by atoms with van der Waals surface area (Å²) in [6.07, 6.45) is 0. The number of carbonyl (C=O) groups is 2. The quantitative estimate of drug-likeness (QED) is 0.741. The van der Waals surface area contributed by atoms with Gasteiger partial charge in [-0.3, -0.25) is 0 Å². The van der Waals surface area contributed by atoms with Gasteiger partial charge in [-0.05, 0) is 5.92 Å². The van der Waals surface area contributed by atoms with Crippen molar-refractivity contribution in [2.45, 2.75) is 20.4 Å². The van der Waals surface area contributed by atoms with Gasteiger partial charge >= 0.3 is 12.0 Å². The minimum Gasteiger partial charge on any atom is -0.476 e. The number of carboxylic acid groups (broad SMARTS) is 1. The van der Waals surface area contributed by atoms with E-state index in [0.717, 1.165) is 0 Å². The lowest BCUT2D eigenvalue weighted by molar-refractivity contribution is 0.0691. The van der Waals surface area contributed by atoms with Crippen LogP contribution in [-0.4, -0.2) is 28.6 Å². The highest BCUT2D eigenvalue weighted by molar-refractivity contribution is 7.09. The van der Waals surface area contributed by atoms with E-state index >= 15 is 0 Å². The van der Waals surface area contributed by atoms with E-state index in [9.17, 15) is 9.59 Å². The Morgan fingerprint density at radius 2 is 2.18 bits per heavy atom. The molecule has 1 aromatic heterocycles. The number of urea groups is 1. The highest BCUT2D eigenvalue weighted by atomic mass is 32.1. The van der Waals surface area contributed by atoms with Crippen molar-refractivity contribution in [3.05, 3.63) is 16.1 Å². The number of nitrogens with one attached hydrogen (secondary N) is 2. The minimum atomic E-state index is -1.06. The van der Waals surface area contributed by atoms with Crippen LogP contribution in [0.1, 0.15) is 29.3 Å². The van der Waals surface area contributed by atoms with Gasteiger partial charge in [0.15, 0.2) is 5.69 Å². The summed E-state index contributed by atoms with van der Waals surface area (Å²) in [5.74, 6) is -0.670. The fourth-order valence-corrected chi connectivity index (χ4v) is 1.71. The van der Waals surface area contributed by atoms with Gasteiger partial charge in [0.05, 0.1) is 6.54 Å². The predicted molar refractivity (Wildman–Crippen MR) is 64.1 cm³/mol. The van der Waals surface area contributed by atoms with Gasteiger partial charge < -0.3 is 15.7 Å². The molecule has 1 heterocycles. The van der Waals surface area contributed by atoms with Crippen molar-refractivity contribution in [1.82, 2.24) is 15.6 Å². The van der Waals surface area contributed by atoms with Gasteiger partial charge in [0.2, 0.25) is 0 Å². The summed E-state index contributed by atoms with van der Waals surface area (Å²) in [7, 11) is 0. The number of rotatable bonds is 5. The second kappa shape index (κ2) is 6.19. The van der Waals surface area contributed by atoms with Crippen molar-refractivity contribution in [3.8, 4) is 0 Å². The van der Waals surface area contributed by atoms with Crippen LogP contribution in [0.4, 0.5) is 4.79 Å². The van der Waals surface area contributed by atoms with Gasteiger partial charge in [0.1, 0.15) is 5.01 Å². The molecule has 0 fully saturated rings. The zero-order chi connectivity index (χ0) is 12.8. The van der Waals surface area contributed by atoms with E-state index < -0.39 is 5.97 Å². The molecule has 0 aromatic carbocycles. The summed E-state index contributed by atoms with van der Waals surface area (Å²) in [5, 5.41) is 16.0. The van der Waals surface area contributed by atoms with E-state index in [0.29, 0.717) is 17.5 Å². The first-order valence-corrected chi connectivity index (χ1v) is 6.06. The maximum Gasteiger partial charge on any atom is 0.355 e. The molecule has 0 unspecified atom stereocenters. The largest absolute Gasteiger partial charge is 0.476 e. The van der Waals surface area contributed by atoms with Crippen molar-refractivity contribution >= 4 is 23.3 Å². The molecule has 0 aliphatic heterocycles. The second-order valence-electron chi connectivity index (χ2n) is 3.89. The molecule has 0 aliphatic carbocycles. The van der Waals surface area contributed by atoms with E-state index in [1.807, 2.05) is 13.8 Å². The molecule has 94 valence electrons. The van der Waals surface area contributed by atoms with Gasteiger partial charge in [-0.1, -0.05) is 13.8 Å². The van der Waals surface area contributed by atoms with Crippen LogP contribution < -0.4 is 10.6 Å². The van der Waals surface area contributed by atoms with Crippen LogP contribution in [0.25, 0.3) is 0 Å². The molecule has 0 spiro atoms. The van der Waals surface area contributed by atoms with Gasteiger partial charge in [-0.25, -0.2) is 14.6 Å². The third-order valence-corrected chi connectivity index (χ3v) is 2.69. The van der Waals surface area contributed by atoms with Crippen LogP contribution in [0.2, 0.25) is 0 Å². The number of nitrogens with zero attached hydrogens (tertiary/aromatic N) is 1. The minimum absolute atomic E-state index is 0.00869. The van der Waals surface area contributed by atoms with Crippen LogP contribution in [0.15, 0.2) is 5.38 Å². The molecule has 6 nitrogen and oxygen atoms in total. The second-order valence-corrected chi connectivity index (χ2v) is 4.83. The summed E-state index contributed by atoms with van der Waals surface area (Å²) in [5.41, 5.74) is 0.00869. The van der Waals surface area contributed by atoms with Crippen LogP contribution in [0.3, 0.4) is 0 Å². The average Bonchev–Trinajstić information content (AvgIpc) is 2.72. The summed E-state index contributed by atoms with van der Waals surface area (Å²) in [6.45, 7) is 4.84. The standard InChI is InChI=1S/C10H15N3O3S/c1-6(2)3-11-10(16)12-4-8-13-7(5-17-8)9(14)15/h5-6H,3-4H2,1-2H3,(H,14,15)(H2,11,12,16). The van der Waals surface area contributed by atoms with E-state index in [1.165, 1.54) is 16.7 Å². The number of amides is 2. The number of carbonyl (C=O) groups excluding carboxylic acids is 1. The van der Waals surface area contributed by atoms with Crippen molar-refractivity contribution in [1.29, 1.82) is 0 Å². The molecule has 0 radical (unpaired) electrons. The highest BCUT2D eigenvalue weighted by Crippen LogP contribution is 2.09. The Labute approximate surface area is 103 Å². The molecular weight excluding hydrogens is 242 g/mol. The molecule has 1 rings (SSSR count). The topological polar surface area (TPSA) is 91.3 Å². The maximum absolute atomic E-state index is 11.3. The Bertz CT molecular complexity index is 403. The molecule has 0 saturated carbocycles. The molecular formula is C10H15N3O3S. The molecule has 0 aliphatic rings. The molecule has 7 heteroatoms. The molecule has 0 saturated heterocycles. The van der Waals surface area contributed by atoms with Crippen LogP contribution >= 0.6 is 11.3 Å². The number of aromatic carboxylic acids is 1. The van der Waals surface area contributed by atoms with Gasteiger partial charge in [0.25, 0.3) is 0 Å². The summed E-state index contributed by atoms with van der Waals surface area (Å²) in [4.78, 5) is 25.7. The Morgan fingerprint density at radius 3 is 2.71 bits per heavy atom. The average molecular weight is 257 g/mol. The normalized spacial score (nSPS) is 10.3. The third kappa shape index (κ3) is 4.81. The van der Waals surface area contributed by atoms with Crippen molar-refractivity contribution in [2.24, 2.45) is 5.92 Å². The lowest BCUT2D eigenvalue weighted by atomic mass is 10.2. The molecule has 1 aromatic rings. The Kier molecular flexibility index (Phi) is 4.89. The van der Waals surface area contributed by atoms with E-state index in [-0.39, 0.29) is 18.3 Å². The molecule has 0 bridgehead atoms. The lowest BCUT2D eigenvalue weighted by Crippen LogP contribution is -2.37. The molecule has 3 N–H and O–H groups in total. The zero-order valence-electron chi connectivity index (χ0n) is 9.69. The number of hydrogen-bond donors (Lipinski definition) is 3. The van der Waals surface area contributed by atoms with Crippen LogP contribution in [-0.2, 0) is 6.54 Å². The fraction of sp³-hybridized carbons (Fsp3) is 0.500. The van der Waals surface area contributed by atoms with E-state index in [2.05, 4.69) is 15.6 Å². The lowest BCUT2D eigenvalue weighted by Gasteiger charge is -2.07. The first-order chi connectivity index (χ1) is 7.99. The van der Waals surface area contributed by atoms with Crippen LogP contribution in [0, 0.1) is 5.92 Å². The van der Waals surface area contributed by atoms with Crippen molar-refractivity contribution in [3.63, 3.8) is 0 Å². The first-order valence-electron chi connectivity index (χ1n) is 5.18. The number of carboxylic acids is 1. The van der Waals surface area contributed by atoms with Gasteiger partial charge in [-0.15, -0.1) is 11.3 Å². The predicted octanol–water partition coefficient (Wildman–Crippen LogP) is 1.30. The SMILES string of the molecule is CC(C)CNC(=O)NCc1nc(C(=O)O)cs1. The fourth-order valence-electron chi connectivity index (χ4n) is 1.01. The smallest absolute Gasteiger partial charge is 0.355 e. The van der Waals surface area contributed by atoms with Gasteiger partial charge in [-0.2, -0.15) is 0 Å².